The van der Waals surface area contributed by atoms with Crippen molar-refractivity contribution in [2.45, 2.75) is 31.9 Å². The van der Waals surface area contributed by atoms with E-state index in [-0.39, 0.29) is 0 Å². The van der Waals surface area contributed by atoms with Crippen molar-refractivity contribution in [3.05, 3.63) is 51.5 Å². The van der Waals surface area contributed by atoms with Crippen LogP contribution in [0.25, 0.3) is 0 Å². The number of thiol groups is 1. The van der Waals surface area contributed by atoms with Crippen LogP contribution in [0.3, 0.4) is 0 Å². The predicted molar refractivity (Wildman–Crippen MR) is 78.0 cm³/mol. The summed E-state index contributed by atoms with van der Waals surface area (Å²) in [4.78, 5) is 6.02. The van der Waals surface area contributed by atoms with E-state index in [1.165, 1.54) is 21.1 Å². The Morgan fingerprint density at radius 2 is 1.94 bits per heavy atom. The lowest BCUT2D eigenvalue weighted by molar-refractivity contribution is 0.919. The fourth-order valence-electron chi connectivity index (χ4n) is 1.84. The van der Waals surface area contributed by atoms with E-state index >= 15 is 0 Å². The fraction of sp³-hybridized carbons (Fsp3) is 0.357. The number of rotatable bonds is 5. The van der Waals surface area contributed by atoms with E-state index in [0.29, 0.717) is 0 Å². The SMILES string of the molecule is CCc1nc(CCc2ccccc2)sc1CS. The molecule has 0 atom stereocenters. The Balaban J connectivity index is 2.02. The summed E-state index contributed by atoms with van der Waals surface area (Å²) in [5.74, 6) is 0.812. The Morgan fingerprint density at radius 1 is 1.18 bits per heavy atom. The number of aromatic nitrogens is 1. The highest BCUT2D eigenvalue weighted by atomic mass is 32.1. The smallest absolute Gasteiger partial charge is 0.0934 e. The van der Waals surface area contributed by atoms with Crippen LogP contribution in [0.15, 0.2) is 30.3 Å². The molecule has 0 fully saturated rings. The summed E-state index contributed by atoms with van der Waals surface area (Å²) < 4.78 is 0. The van der Waals surface area contributed by atoms with Gasteiger partial charge in [0.05, 0.1) is 10.7 Å². The van der Waals surface area contributed by atoms with Crippen molar-refractivity contribution < 1.29 is 0 Å². The van der Waals surface area contributed by atoms with Gasteiger partial charge in [0.25, 0.3) is 0 Å². The van der Waals surface area contributed by atoms with Gasteiger partial charge in [0.1, 0.15) is 0 Å². The van der Waals surface area contributed by atoms with Gasteiger partial charge in [-0.25, -0.2) is 4.98 Å². The molecule has 0 amide bonds. The minimum absolute atomic E-state index is 0.812. The van der Waals surface area contributed by atoms with Crippen LogP contribution in [0.4, 0.5) is 0 Å². The zero-order valence-electron chi connectivity index (χ0n) is 10.0. The summed E-state index contributed by atoms with van der Waals surface area (Å²) in [7, 11) is 0. The highest BCUT2D eigenvalue weighted by Crippen LogP contribution is 2.22. The molecule has 3 heteroatoms. The van der Waals surface area contributed by atoms with Crippen LogP contribution in [0.2, 0.25) is 0 Å². The summed E-state index contributed by atoms with van der Waals surface area (Å²) in [5.41, 5.74) is 2.61. The first-order chi connectivity index (χ1) is 8.33. The quantitative estimate of drug-likeness (QED) is 0.807. The van der Waals surface area contributed by atoms with Crippen LogP contribution in [-0.4, -0.2) is 4.98 Å². The van der Waals surface area contributed by atoms with E-state index in [2.05, 4.69) is 54.9 Å². The molecule has 0 saturated heterocycles. The normalized spacial score (nSPS) is 10.7. The van der Waals surface area contributed by atoms with Gasteiger partial charge in [-0.05, 0) is 18.4 Å². The largest absolute Gasteiger partial charge is 0.246 e. The zero-order chi connectivity index (χ0) is 12.1. The number of benzene rings is 1. The lowest BCUT2D eigenvalue weighted by atomic mass is 10.1. The van der Waals surface area contributed by atoms with Gasteiger partial charge in [-0.2, -0.15) is 12.6 Å². The maximum atomic E-state index is 4.68. The molecule has 90 valence electrons. The summed E-state index contributed by atoms with van der Waals surface area (Å²) in [6.45, 7) is 2.16. The number of thiazole rings is 1. The van der Waals surface area contributed by atoms with Crippen LogP contribution in [-0.2, 0) is 25.0 Å². The Hall–Kier alpha value is -0.800. The second-order valence-electron chi connectivity index (χ2n) is 3.97. The van der Waals surface area contributed by atoms with E-state index in [1.807, 2.05) is 11.3 Å². The van der Waals surface area contributed by atoms with E-state index in [0.717, 1.165) is 25.0 Å². The molecule has 2 aromatic rings. The molecule has 0 aliphatic rings. The fourth-order valence-corrected chi connectivity index (χ4v) is 3.23. The Kier molecular flexibility index (Phi) is 4.63. The molecular formula is C14H17NS2. The third kappa shape index (κ3) is 3.33. The van der Waals surface area contributed by atoms with Gasteiger partial charge in [0, 0.05) is 17.1 Å². The number of hydrogen-bond donors (Lipinski definition) is 1. The second kappa shape index (κ2) is 6.22. The van der Waals surface area contributed by atoms with E-state index in [4.69, 9.17) is 0 Å². The van der Waals surface area contributed by atoms with E-state index < -0.39 is 0 Å². The Bertz CT molecular complexity index is 441. The van der Waals surface area contributed by atoms with Gasteiger partial charge < -0.3 is 0 Å². The molecule has 0 aliphatic heterocycles. The average molecular weight is 263 g/mol. The average Bonchev–Trinajstić information content (AvgIpc) is 2.80. The zero-order valence-corrected chi connectivity index (χ0v) is 11.7. The van der Waals surface area contributed by atoms with Crippen molar-refractivity contribution in [2.24, 2.45) is 0 Å². The summed E-state index contributed by atoms with van der Waals surface area (Å²) >= 11 is 6.17. The summed E-state index contributed by atoms with van der Waals surface area (Å²) in [6, 6.07) is 10.6. The molecule has 0 unspecified atom stereocenters. The molecule has 0 spiro atoms. The topological polar surface area (TPSA) is 12.9 Å². The molecule has 0 aliphatic carbocycles. The maximum absolute atomic E-state index is 4.68. The first-order valence-corrected chi connectivity index (χ1v) is 7.40. The molecule has 0 bridgehead atoms. The molecule has 0 radical (unpaired) electrons. The van der Waals surface area contributed by atoms with Gasteiger partial charge in [0.15, 0.2) is 0 Å². The van der Waals surface area contributed by atoms with Crippen LogP contribution >= 0.6 is 24.0 Å². The van der Waals surface area contributed by atoms with Crippen molar-refractivity contribution in [2.75, 3.05) is 0 Å². The van der Waals surface area contributed by atoms with Gasteiger partial charge in [0.2, 0.25) is 0 Å². The summed E-state index contributed by atoms with van der Waals surface area (Å²) in [5, 5.41) is 1.25. The molecular weight excluding hydrogens is 246 g/mol. The first kappa shape index (κ1) is 12.7. The first-order valence-electron chi connectivity index (χ1n) is 5.95. The lowest BCUT2D eigenvalue weighted by Crippen LogP contribution is -1.91. The Labute approximate surface area is 112 Å². The molecule has 1 aromatic heterocycles. The maximum Gasteiger partial charge on any atom is 0.0934 e. The van der Waals surface area contributed by atoms with Crippen LogP contribution in [0.1, 0.15) is 28.1 Å². The molecule has 17 heavy (non-hydrogen) atoms. The van der Waals surface area contributed by atoms with Crippen molar-refractivity contribution >= 4 is 24.0 Å². The molecule has 0 saturated carbocycles. The highest BCUT2D eigenvalue weighted by Gasteiger charge is 2.08. The van der Waals surface area contributed by atoms with Crippen LogP contribution in [0.5, 0.6) is 0 Å². The monoisotopic (exact) mass is 263 g/mol. The number of nitrogens with zero attached hydrogens (tertiary/aromatic N) is 1. The highest BCUT2D eigenvalue weighted by molar-refractivity contribution is 7.79. The van der Waals surface area contributed by atoms with E-state index in [1.54, 1.807) is 0 Å². The lowest BCUT2D eigenvalue weighted by Gasteiger charge is -1.97. The number of hydrogen-bond acceptors (Lipinski definition) is 3. The van der Waals surface area contributed by atoms with Crippen molar-refractivity contribution in [3.8, 4) is 0 Å². The Morgan fingerprint density at radius 3 is 2.53 bits per heavy atom. The molecule has 1 heterocycles. The third-order valence-corrected chi connectivity index (χ3v) is 4.46. The predicted octanol–water partition coefficient (Wildman–Crippen LogP) is 3.92. The van der Waals surface area contributed by atoms with Crippen molar-refractivity contribution in [3.63, 3.8) is 0 Å². The van der Waals surface area contributed by atoms with Gasteiger partial charge in [-0.15, -0.1) is 11.3 Å². The summed E-state index contributed by atoms with van der Waals surface area (Å²) in [6.07, 6.45) is 3.12. The minimum Gasteiger partial charge on any atom is -0.246 e. The standard InChI is InChI=1S/C14H17NS2/c1-2-12-13(10-16)17-14(15-12)9-8-11-6-4-3-5-7-11/h3-7,16H,2,8-10H2,1H3. The molecule has 1 aromatic carbocycles. The molecule has 2 rings (SSSR count). The van der Waals surface area contributed by atoms with Crippen LogP contribution in [0, 0.1) is 0 Å². The molecule has 1 nitrogen and oxygen atoms in total. The van der Waals surface area contributed by atoms with E-state index in [9.17, 15) is 0 Å². The van der Waals surface area contributed by atoms with Gasteiger partial charge in [-0.1, -0.05) is 37.3 Å². The van der Waals surface area contributed by atoms with Crippen molar-refractivity contribution in [1.29, 1.82) is 0 Å². The van der Waals surface area contributed by atoms with Crippen molar-refractivity contribution in [1.82, 2.24) is 4.98 Å². The number of aryl methyl sites for hydroxylation is 3. The second-order valence-corrected chi connectivity index (χ2v) is 5.46. The molecule has 0 N–H and O–H groups in total. The minimum atomic E-state index is 0.812. The third-order valence-electron chi connectivity index (χ3n) is 2.77. The van der Waals surface area contributed by atoms with Gasteiger partial charge in [-0.3, -0.25) is 0 Å². The van der Waals surface area contributed by atoms with Crippen LogP contribution < -0.4 is 0 Å². The van der Waals surface area contributed by atoms with Gasteiger partial charge >= 0.3 is 0 Å².